The molecule has 0 fully saturated rings. The summed E-state index contributed by atoms with van der Waals surface area (Å²) >= 11 is 0. The van der Waals surface area contributed by atoms with Gasteiger partial charge in [-0.2, -0.15) is 5.10 Å². The molecule has 0 aliphatic heterocycles. The molecule has 0 unspecified atom stereocenters. The van der Waals surface area contributed by atoms with Crippen LogP contribution in [-0.2, 0) is 5.41 Å². The van der Waals surface area contributed by atoms with Crippen LogP contribution in [0.25, 0.3) is 5.69 Å². The lowest BCUT2D eigenvalue weighted by atomic mass is 9.85. The molecule has 1 heterocycles. The molecular weight excluding hydrogens is 258 g/mol. The van der Waals surface area contributed by atoms with Crippen molar-refractivity contribution in [1.82, 2.24) is 15.1 Å². The number of nitrogens with zero attached hydrogens (tertiary/aromatic N) is 2. The first-order valence-corrected chi connectivity index (χ1v) is 7.65. The van der Waals surface area contributed by atoms with E-state index in [0.29, 0.717) is 0 Å². The summed E-state index contributed by atoms with van der Waals surface area (Å²) in [5, 5.41) is 8.08. The van der Waals surface area contributed by atoms with Crippen molar-refractivity contribution in [2.75, 3.05) is 6.54 Å². The van der Waals surface area contributed by atoms with Crippen molar-refractivity contribution >= 4 is 0 Å². The van der Waals surface area contributed by atoms with Crippen molar-refractivity contribution in [2.45, 2.75) is 52.0 Å². The van der Waals surface area contributed by atoms with Crippen molar-refractivity contribution in [1.29, 1.82) is 0 Å². The lowest BCUT2D eigenvalue weighted by Crippen LogP contribution is -2.38. The smallest absolute Gasteiger partial charge is 0.0649 e. The van der Waals surface area contributed by atoms with Crippen LogP contribution in [0.3, 0.4) is 0 Å². The zero-order chi connectivity index (χ0) is 15.5. The molecule has 0 atom stereocenters. The van der Waals surface area contributed by atoms with E-state index >= 15 is 0 Å². The van der Waals surface area contributed by atoms with Gasteiger partial charge in [0.1, 0.15) is 0 Å². The highest BCUT2D eigenvalue weighted by atomic mass is 15.3. The van der Waals surface area contributed by atoms with Crippen LogP contribution in [0.4, 0.5) is 0 Å². The molecule has 1 aromatic heterocycles. The molecule has 0 spiro atoms. The molecule has 0 radical (unpaired) electrons. The van der Waals surface area contributed by atoms with Crippen molar-refractivity contribution in [3.63, 3.8) is 0 Å². The van der Waals surface area contributed by atoms with E-state index in [1.807, 2.05) is 12.3 Å². The molecule has 114 valence electrons. The summed E-state index contributed by atoms with van der Waals surface area (Å²) in [6, 6.07) is 12.5. The van der Waals surface area contributed by atoms with Crippen LogP contribution in [-0.4, -0.2) is 21.9 Å². The molecule has 2 rings (SSSR count). The van der Waals surface area contributed by atoms with E-state index < -0.39 is 0 Å². The summed E-state index contributed by atoms with van der Waals surface area (Å²) < 4.78 is 2.05. The van der Waals surface area contributed by atoms with Gasteiger partial charge in [-0.3, -0.25) is 0 Å². The van der Waals surface area contributed by atoms with Gasteiger partial charge in [0.2, 0.25) is 0 Å². The van der Waals surface area contributed by atoms with E-state index in [4.69, 9.17) is 0 Å². The Hall–Kier alpha value is -1.61. The minimum atomic E-state index is 0.0740. The van der Waals surface area contributed by atoms with Gasteiger partial charge < -0.3 is 5.32 Å². The fourth-order valence-corrected chi connectivity index (χ4v) is 2.47. The number of aromatic nitrogens is 2. The van der Waals surface area contributed by atoms with Gasteiger partial charge in [-0.1, -0.05) is 32.0 Å². The van der Waals surface area contributed by atoms with E-state index in [-0.39, 0.29) is 11.0 Å². The number of rotatable bonds is 5. The van der Waals surface area contributed by atoms with Gasteiger partial charge in [-0.25, -0.2) is 4.68 Å². The Balaban J connectivity index is 2.16. The second-order valence-corrected chi connectivity index (χ2v) is 7.27. The van der Waals surface area contributed by atoms with Gasteiger partial charge >= 0.3 is 0 Å². The van der Waals surface area contributed by atoms with Gasteiger partial charge in [-0.05, 0) is 51.9 Å². The van der Waals surface area contributed by atoms with Crippen molar-refractivity contribution < 1.29 is 0 Å². The predicted molar refractivity (Wildman–Crippen MR) is 89.0 cm³/mol. The highest BCUT2D eigenvalue weighted by Crippen LogP contribution is 2.28. The lowest BCUT2D eigenvalue weighted by Gasteiger charge is -2.28. The average molecular weight is 285 g/mol. The fraction of sp³-hybridized carbons (Fsp3) is 0.500. The quantitative estimate of drug-likeness (QED) is 0.902. The van der Waals surface area contributed by atoms with Crippen molar-refractivity contribution in [2.24, 2.45) is 0 Å². The van der Waals surface area contributed by atoms with E-state index in [2.05, 4.69) is 80.0 Å². The maximum atomic E-state index is 4.51. The molecule has 1 N–H and O–H groups in total. The number of para-hydroxylation sites is 1. The first-order valence-electron chi connectivity index (χ1n) is 7.65. The molecule has 0 amide bonds. The molecule has 2 aromatic rings. The zero-order valence-corrected chi connectivity index (χ0v) is 13.9. The Morgan fingerprint density at radius 2 is 1.67 bits per heavy atom. The molecule has 0 saturated carbocycles. The van der Waals surface area contributed by atoms with Gasteiger partial charge in [-0.15, -0.1) is 0 Å². The Morgan fingerprint density at radius 1 is 1.00 bits per heavy atom. The molecular formula is C18H27N3. The molecule has 3 heteroatoms. The standard InChI is InChI=1S/C18H27N3/c1-17(2,3)19-14-12-18(4,5)16-11-13-20-21(16)15-9-7-6-8-10-15/h6-11,13,19H,12,14H2,1-5H3. The van der Waals surface area contributed by atoms with Crippen LogP contribution in [0.15, 0.2) is 42.6 Å². The van der Waals surface area contributed by atoms with Crippen LogP contribution in [0.5, 0.6) is 0 Å². The third-order valence-corrected chi connectivity index (χ3v) is 3.74. The summed E-state index contributed by atoms with van der Waals surface area (Å²) in [4.78, 5) is 0. The maximum absolute atomic E-state index is 4.51. The second-order valence-electron chi connectivity index (χ2n) is 7.27. The monoisotopic (exact) mass is 285 g/mol. The van der Waals surface area contributed by atoms with E-state index in [9.17, 15) is 0 Å². The minimum absolute atomic E-state index is 0.0740. The van der Waals surface area contributed by atoms with Crippen LogP contribution in [0.1, 0.15) is 46.7 Å². The lowest BCUT2D eigenvalue weighted by molar-refractivity contribution is 0.371. The third kappa shape index (κ3) is 4.18. The van der Waals surface area contributed by atoms with E-state index in [1.54, 1.807) is 0 Å². The molecule has 1 aromatic carbocycles. The Morgan fingerprint density at radius 3 is 2.29 bits per heavy atom. The average Bonchev–Trinajstić information content (AvgIpc) is 2.88. The van der Waals surface area contributed by atoms with Gasteiger partial charge in [0.15, 0.2) is 0 Å². The second kappa shape index (κ2) is 6.02. The SMILES string of the molecule is CC(C)(C)NCCC(C)(C)c1ccnn1-c1ccccc1. The van der Waals surface area contributed by atoms with E-state index in [0.717, 1.165) is 18.7 Å². The van der Waals surface area contributed by atoms with E-state index in [1.165, 1.54) is 5.69 Å². The summed E-state index contributed by atoms with van der Waals surface area (Å²) in [5.41, 5.74) is 2.61. The summed E-state index contributed by atoms with van der Waals surface area (Å²) in [7, 11) is 0. The summed E-state index contributed by atoms with van der Waals surface area (Å²) in [6.07, 6.45) is 2.96. The Bertz CT molecular complexity index is 562. The number of hydrogen-bond acceptors (Lipinski definition) is 2. The Kier molecular flexibility index (Phi) is 4.52. The van der Waals surface area contributed by atoms with Gasteiger partial charge in [0.05, 0.1) is 5.69 Å². The maximum Gasteiger partial charge on any atom is 0.0649 e. The third-order valence-electron chi connectivity index (χ3n) is 3.74. The largest absolute Gasteiger partial charge is 0.312 e. The topological polar surface area (TPSA) is 29.9 Å². The first kappa shape index (κ1) is 15.8. The molecule has 0 saturated heterocycles. The highest BCUT2D eigenvalue weighted by Gasteiger charge is 2.25. The van der Waals surface area contributed by atoms with Crippen LogP contribution in [0.2, 0.25) is 0 Å². The molecule has 3 nitrogen and oxygen atoms in total. The summed E-state index contributed by atoms with van der Waals surface area (Å²) in [5.74, 6) is 0. The molecule has 0 aliphatic carbocycles. The molecule has 21 heavy (non-hydrogen) atoms. The first-order chi connectivity index (χ1) is 9.80. The minimum Gasteiger partial charge on any atom is -0.312 e. The van der Waals surface area contributed by atoms with Gasteiger partial charge in [0.25, 0.3) is 0 Å². The van der Waals surface area contributed by atoms with Crippen molar-refractivity contribution in [3.8, 4) is 5.69 Å². The van der Waals surface area contributed by atoms with Crippen LogP contribution < -0.4 is 5.32 Å². The number of nitrogens with one attached hydrogen (secondary N) is 1. The highest BCUT2D eigenvalue weighted by molar-refractivity contribution is 5.34. The van der Waals surface area contributed by atoms with Crippen LogP contribution >= 0.6 is 0 Å². The summed E-state index contributed by atoms with van der Waals surface area (Å²) in [6.45, 7) is 12.2. The predicted octanol–water partition coefficient (Wildman–Crippen LogP) is 3.93. The Labute approximate surface area is 128 Å². The fourth-order valence-electron chi connectivity index (χ4n) is 2.47. The van der Waals surface area contributed by atoms with Gasteiger partial charge in [0, 0.05) is 22.8 Å². The molecule has 0 bridgehead atoms. The normalized spacial score (nSPS) is 12.6. The molecule has 0 aliphatic rings. The zero-order valence-electron chi connectivity index (χ0n) is 13.9. The van der Waals surface area contributed by atoms with Crippen molar-refractivity contribution in [3.05, 3.63) is 48.3 Å². The number of benzene rings is 1. The number of hydrogen-bond donors (Lipinski definition) is 1. The van der Waals surface area contributed by atoms with Crippen LogP contribution in [0, 0.1) is 0 Å².